The fraction of sp³-hybridized carbons (Fsp3) is 0.200. The molecule has 0 spiro atoms. The van der Waals surface area contributed by atoms with E-state index in [0.29, 0.717) is 6.54 Å². The van der Waals surface area contributed by atoms with E-state index in [1.165, 1.54) is 22.3 Å². The van der Waals surface area contributed by atoms with Crippen molar-refractivity contribution in [3.8, 4) is 11.1 Å². The van der Waals surface area contributed by atoms with Crippen molar-refractivity contribution in [3.63, 3.8) is 0 Å². The first-order valence-electron chi connectivity index (χ1n) is 5.96. The van der Waals surface area contributed by atoms with Gasteiger partial charge < -0.3 is 11.5 Å². The summed E-state index contributed by atoms with van der Waals surface area (Å²) in [7, 11) is 0. The maximum Gasteiger partial charge on any atom is 0.0419 e. The van der Waals surface area contributed by atoms with Crippen LogP contribution in [0.3, 0.4) is 0 Å². The Morgan fingerprint density at radius 3 is 2.59 bits per heavy atom. The lowest BCUT2D eigenvalue weighted by molar-refractivity contribution is 0.736. The van der Waals surface area contributed by atoms with Gasteiger partial charge in [0.15, 0.2) is 0 Å². The van der Waals surface area contributed by atoms with Gasteiger partial charge in [-0.3, -0.25) is 0 Å². The van der Waals surface area contributed by atoms with E-state index in [0.717, 1.165) is 12.0 Å². The monoisotopic (exact) mass is 224 g/mol. The van der Waals surface area contributed by atoms with Gasteiger partial charge in [0, 0.05) is 12.6 Å². The van der Waals surface area contributed by atoms with E-state index in [1.54, 1.807) is 0 Å². The summed E-state index contributed by atoms with van der Waals surface area (Å²) in [4.78, 5) is 0. The van der Waals surface area contributed by atoms with Gasteiger partial charge in [-0.25, -0.2) is 0 Å². The zero-order valence-electron chi connectivity index (χ0n) is 9.69. The molecule has 0 radical (unpaired) electrons. The Balaban J connectivity index is 2.07. The van der Waals surface area contributed by atoms with Crippen LogP contribution in [0, 0.1) is 0 Å². The summed E-state index contributed by atoms with van der Waals surface area (Å²) < 4.78 is 0. The zero-order chi connectivity index (χ0) is 11.8. The van der Waals surface area contributed by atoms with E-state index < -0.39 is 0 Å². The Hall–Kier alpha value is -1.64. The van der Waals surface area contributed by atoms with E-state index in [2.05, 4.69) is 42.5 Å². The molecule has 0 amide bonds. The first-order chi connectivity index (χ1) is 8.29. The normalized spacial score (nSPS) is 14.2. The molecule has 3 rings (SSSR count). The minimum atomic E-state index is -0.0518. The number of hydrogen-bond acceptors (Lipinski definition) is 2. The fourth-order valence-electron chi connectivity index (χ4n) is 2.53. The predicted molar refractivity (Wildman–Crippen MR) is 70.7 cm³/mol. The Morgan fingerprint density at radius 1 is 1.00 bits per heavy atom. The maximum absolute atomic E-state index is 5.97. The lowest BCUT2D eigenvalue weighted by Crippen LogP contribution is -2.20. The second-order valence-electron chi connectivity index (χ2n) is 4.59. The molecule has 1 aliphatic rings. The van der Waals surface area contributed by atoms with Gasteiger partial charge in [0.2, 0.25) is 0 Å². The highest BCUT2D eigenvalue weighted by atomic mass is 14.7. The van der Waals surface area contributed by atoms with E-state index >= 15 is 0 Å². The van der Waals surface area contributed by atoms with Crippen molar-refractivity contribution in [1.82, 2.24) is 0 Å². The average Bonchev–Trinajstić information content (AvgIpc) is 2.75. The van der Waals surface area contributed by atoms with Crippen molar-refractivity contribution < 1.29 is 0 Å². The van der Waals surface area contributed by atoms with Crippen LogP contribution >= 0.6 is 0 Å². The van der Waals surface area contributed by atoms with Crippen LogP contribution in [0.25, 0.3) is 11.1 Å². The molecule has 0 saturated carbocycles. The van der Waals surface area contributed by atoms with E-state index in [-0.39, 0.29) is 6.04 Å². The minimum Gasteiger partial charge on any atom is -0.329 e. The molecule has 1 atom stereocenters. The molecular weight excluding hydrogens is 208 g/mol. The number of rotatable bonds is 2. The number of nitrogens with two attached hydrogens (primary N) is 2. The molecule has 0 aliphatic heterocycles. The van der Waals surface area contributed by atoms with Crippen molar-refractivity contribution in [3.05, 3.63) is 59.2 Å². The lowest BCUT2D eigenvalue weighted by Gasteiger charge is -2.10. The van der Waals surface area contributed by atoms with Crippen molar-refractivity contribution in [2.75, 3.05) is 6.54 Å². The third kappa shape index (κ3) is 1.66. The highest BCUT2D eigenvalue weighted by Gasteiger charge is 2.18. The highest BCUT2D eigenvalue weighted by molar-refractivity contribution is 5.76. The second kappa shape index (κ2) is 3.99. The molecule has 2 aromatic carbocycles. The van der Waals surface area contributed by atoms with Crippen LogP contribution in [0.2, 0.25) is 0 Å². The molecule has 2 heteroatoms. The molecule has 0 aromatic heterocycles. The highest BCUT2D eigenvalue weighted by Crippen LogP contribution is 2.37. The first-order valence-corrected chi connectivity index (χ1v) is 5.96. The minimum absolute atomic E-state index is 0.0518. The van der Waals surface area contributed by atoms with Crippen LogP contribution in [0.15, 0.2) is 42.5 Å². The summed E-state index contributed by atoms with van der Waals surface area (Å²) in [6, 6.07) is 15.0. The largest absolute Gasteiger partial charge is 0.329 e. The molecule has 1 aliphatic carbocycles. The molecule has 0 heterocycles. The first kappa shape index (κ1) is 10.5. The third-order valence-corrected chi connectivity index (χ3v) is 3.50. The van der Waals surface area contributed by atoms with Gasteiger partial charge >= 0.3 is 0 Å². The third-order valence-electron chi connectivity index (χ3n) is 3.50. The molecule has 1 unspecified atom stereocenters. The molecule has 0 fully saturated rings. The molecule has 2 nitrogen and oxygen atoms in total. The van der Waals surface area contributed by atoms with Gasteiger partial charge in [-0.05, 0) is 34.2 Å². The van der Waals surface area contributed by atoms with Crippen LogP contribution in [-0.4, -0.2) is 6.54 Å². The molecular formula is C15H16N2. The van der Waals surface area contributed by atoms with Crippen molar-refractivity contribution in [2.24, 2.45) is 11.5 Å². The molecule has 86 valence electrons. The standard InChI is InChI=1S/C15H16N2/c16-9-15(17)11-5-6-14-12(8-11)7-10-3-1-2-4-13(10)14/h1-6,8,15H,7,9,16-17H2. The Labute approximate surface area is 101 Å². The van der Waals surface area contributed by atoms with Gasteiger partial charge in [-0.1, -0.05) is 42.5 Å². The molecule has 0 bridgehead atoms. The maximum atomic E-state index is 5.97. The van der Waals surface area contributed by atoms with Gasteiger partial charge in [0.1, 0.15) is 0 Å². The Morgan fingerprint density at radius 2 is 1.76 bits per heavy atom. The Bertz CT molecular complexity index is 561. The number of hydrogen-bond donors (Lipinski definition) is 2. The van der Waals surface area contributed by atoms with Gasteiger partial charge in [0.25, 0.3) is 0 Å². The van der Waals surface area contributed by atoms with Gasteiger partial charge in [0.05, 0.1) is 0 Å². The van der Waals surface area contributed by atoms with Gasteiger partial charge in [-0.2, -0.15) is 0 Å². The SMILES string of the molecule is NCC(N)c1ccc2c(c1)Cc1ccccc1-2. The predicted octanol–water partition coefficient (Wildman–Crippen LogP) is 2.22. The lowest BCUT2D eigenvalue weighted by atomic mass is 10.00. The second-order valence-corrected chi connectivity index (χ2v) is 4.59. The van der Waals surface area contributed by atoms with Crippen LogP contribution < -0.4 is 11.5 Å². The molecule has 0 saturated heterocycles. The van der Waals surface area contributed by atoms with Crippen molar-refractivity contribution in [1.29, 1.82) is 0 Å². The quantitative estimate of drug-likeness (QED) is 0.701. The molecule has 17 heavy (non-hydrogen) atoms. The summed E-state index contributed by atoms with van der Waals surface area (Å²) in [6.07, 6.45) is 1.01. The van der Waals surface area contributed by atoms with Crippen LogP contribution in [0.5, 0.6) is 0 Å². The van der Waals surface area contributed by atoms with Crippen LogP contribution in [0.1, 0.15) is 22.7 Å². The molecule has 4 N–H and O–H groups in total. The van der Waals surface area contributed by atoms with E-state index in [1.807, 2.05) is 0 Å². The zero-order valence-corrected chi connectivity index (χ0v) is 9.69. The van der Waals surface area contributed by atoms with E-state index in [4.69, 9.17) is 11.5 Å². The van der Waals surface area contributed by atoms with Crippen LogP contribution in [0.4, 0.5) is 0 Å². The Kier molecular flexibility index (Phi) is 2.46. The van der Waals surface area contributed by atoms with Crippen molar-refractivity contribution in [2.45, 2.75) is 12.5 Å². The summed E-state index contributed by atoms with van der Waals surface area (Å²) in [5.41, 5.74) is 18.2. The van der Waals surface area contributed by atoms with Crippen LogP contribution in [-0.2, 0) is 6.42 Å². The summed E-state index contributed by atoms with van der Waals surface area (Å²) in [5.74, 6) is 0. The summed E-state index contributed by atoms with van der Waals surface area (Å²) in [5, 5.41) is 0. The number of fused-ring (bicyclic) bond motifs is 3. The number of benzene rings is 2. The smallest absolute Gasteiger partial charge is 0.0419 e. The van der Waals surface area contributed by atoms with E-state index in [9.17, 15) is 0 Å². The van der Waals surface area contributed by atoms with Gasteiger partial charge in [-0.15, -0.1) is 0 Å². The molecule has 2 aromatic rings. The summed E-state index contributed by atoms with van der Waals surface area (Å²) >= 11 is 0. The average molecular weight is 224 g/mol. The fourth-order valence-corrected chi connectivity index (χ4v) is 2.53. The van der Waals surface area contributed by atoms with Crippen molar-refractivity contribution >= 4 is 0 Å². The topological polar surface area (TPSA) is 52.0 Å². The summed E-state index contributed by atoms with van der Waals surface area (Å²) in [6.45, 7) is 0.492.